The molecule has 0 N–H and O–H groups in total. The Morgan fingerprint density at radius 3 is 1.63 bits per heavy atom. The number of para-hydroxylation sites is 2. The Bertz CT molecular complexity index is 2370. The van der Waals surface area contributed by atoms with E-state index in [4.69, 9.17) is 15.0 Å². The van der Waals surface area contributed by atoms with Crippen molar-refractivity contribution in [3.8, 4) is 51.0 Å². The molecule has 9 rings (SSSR count). The van der Waals surface area contributed by atoms with Gasteiger partial charge in [-0.25, -0.2) is 15.0 Å². The van der Waals surface area contributed by atoms with Crippen LogP contribution in [0.15, 0.2) is 146 Å². The summed E-state index contributed by atoms with van der Waals surface area (Å²) in [7, 11) is 0. The van der Waals surface area contributed by atoms with E-state index in [1.165, 1.54) is 49.7 Å². The van der Waals surface area contributed by atoms with Gasteiger partial charge in [-0.1, -0.05) is 123 Å². The molecule has 4 heteroatoms. The summed E-state index contributed by atoms with van der Waals surface area (Å²) in [4.78, 5) is 14.9. The summed E-state index contributed by atoms with van der Waals surface area (Å²) in [5, 5.41) is 2.54. The van der Waals surface area contributed by atoms with Gasteiger partial charge < -0.3 is 4.57 Å². The topological polar surface area (TPSA) is 43.6 Å². The molecule has 2 aromatic heterocycles. The number of rotatable bonds is 4. The Hall–Kier alpha value is -5.87. The minimum Gasteiger partial charge on any atom is -0.309 e. The first-order valence-corrected chi connectivity index (χ1v) is 15.7. The number of nitrogens with zero attached hydrogens (tertiary/aromatic N) is 4. The maximum absolute atomic E-state index is 5.01. The standard InChI is InChI=1S/C42H30N4/c1-42(2)35-24-29(41-44-39(27-14-6-3-7-15-27)43-40(45-41)28-16-8-4-9-17-28)22-23-31(35)33-26-38-34(25-36(33)42)32-20-12-13-21-37(32)46(38)30-18-10-5-11-19-30/h3-26H,1-2H3. The van der Waals surface area contributed by atoms with E-state index < -0.39 is 0 Å². The second-order valence-electron chi connectivity index (χ2n) is 12.5. The van der Waals surface area contributed by atoms with Crippen LogP contribution < -0.4 is 0 Å². The molecule has 2 heterocycles. The first-order valence-electron chi connectivity index (χ1n) is 15.7. The van der Waals surface area contributed by atoms with E-state index >= 15 is 0 Å². The lowest BCUT2D eigenvalue weighted by Crippen LogP contribution is -2.15. The summed E-state index contributed by atoms with van der Waals surface area (Å²) in [6.07, 6.45) is 0. The van der Waals surface area contributed by atoms with E-state index in [0.717, 1.165) is 16.7 Å². The third kappa shape index (κ3) is 4.04. The molecule has 8 aromatic rings. The van der Waals surface area contributed by atoms with Crippen LogP contribution in [0.1, 0.15) is 25.0 Å². The maximum Gasteiger partial charge on any atom is 0.164 e. The van der Waals surface area contributed by atoms with Gasteiger partial charge in [0.2, 0.25) is 0 Å². The van der Waals surface area contributed by atoms with E-state index in [-0.39, 0.29) is 5.41 Å². The Labute approximate surface area is 267 Å². The second-order valence-corrected chi connectivity index (χ2v) is 12.5. The van der Waals surface area contributed by atoms with Gasteiger partial charge in [0.05, 0.1) is 11.0 Å². The average molecular weight is 591 g/mol. The molecular weight excluding hydrogens is 560 g/mol. The lowest BCUT2D eigenvalue weighted by atomic mass is 9.81. The molecule has 1 aliphatic rings. The Kier molecular flexibility index (Phi) is 5.81. The zero-order valence-corrected chi connectivity index (χ0v) is 25.6. The monoisotopic (exact) mass is 590 g/mol. The van der Waals surface area contributed by atoms with Gasteiger partial charge in [-0.3, -0.25) is 0 Å². The summed E-state index contributed by atoms with van der Waals surface area (Å²) in [5.74, 6) is 2.01. The van der Waals surface area contributed by atoms with Crippen LogP contribution in [-0.4, -0.2) is 19.5 Å². The van der Waals surface area contributed by atoms with Crippen molar-refractivity contribution in [1.82, 2.24) is 19.5 Å². The molecule has 0 unspecified atom stereocenters. The fraction of sp³-hybridized carbons (Fsp3) is 0.0714. The highest BCUT2D eigenvalue weighted by atomic mass is 15.0. The van der Waals surface area contributed by atoms with Crippen molar-refractivity contribution in [3.05, 3.63) is 157 Å². The lowest BCUT2D eigenvalue weighted by Gasteiger charge is -2.22. The maximum atomic E-state index is 5.01. The normalized spacial score (nSPS) is 13.2. The molecule has 0 saturated heterocycles. The highest BCUT2D eigenvalue weighted by molar-refractivity contribution is 6.11. The van der Waals surface area contributed by atoms with Gasteiger partial charge in [-0.05, 0) is 58.7 Å². The van der Waals surface area contributed by atoms with Crippen LogP contribution in [-0.2, 0) is 5.41 Å². The summed E-state index contributed by atoms with van der Waals surface area (Å²) in [6.45, 7) is 4.67. The smallest absolute Gasteiger partial charge is 0.164 e. The molecule has 0 spiro atoms. The molecule has 218 valence electrons. The molecule has 0 bridgehead atoms. The fourth-order valence-corrected chi connectivity index (χ4v) is 7.13. The molecule has 0 aliphatic heterocycles. The zero-order valence-electron chi connectivity index (χ0n) is 25.6. The first-order chi connectivity index (χ1) is 22.6. The van der Waals surface area contributed by atoms with Crippen molar-refractivity contribution in [2.75, 3.05) is 0 Å². The third-order valence-electron chi connectivity index (χ3n) is 9.44. The molecule has 0 radical (unpaired) electrons. The lowest BCUT2D eigenvalue weighted by molar-refractivity contribution is 0.661. The van der Waals surface area contributed by atoms with E-state index in [0.29, 0.717) is 17.5 Å². The van der Waals surface area contributed by atoms with Gasteiger partial charge in [0, 0.05) is 38.6 Å². The second kappa shape index (κ2) is 10.1. The van der Waals surface area contributed by atoms with Crippen molar-refractivity contribution >= 4 is 21.8 Å². The van der Waals surface area contributed by atoms with Crippen LogP contribution >= 0.6 is 0 Å². The third-order valence-corrected chi connectivity index (χ3v) is 9.44. The van der Waals surface area contributed by atoms with Crippen molar-refractivity contribution in [2.45, 2.75) is 19.3 Å². The molecule has 46 heavy (non-hydrogen) atoms. The molecular formula is C42H30N4. The molecule has 6 aromatic carbocycles. The van der Waals surface area contributed by atoms with Crippen LogP contribution in [0.25, 0.3) is 72.8 Å². The Balaban J connectivity index is 1.24. The van der Waals surface area contributed by atoms with Gasteiger partial charge in [-0.15, -0.1) is 0 Å². The van der Waals surface area contributed by atoms with E-state index in [2.05, 4.69) is 103 Å². The minimum atomic E-state index is -0.206. The number of hydrogen-bond acceptors (Lipinski definition) is 3. The van der Waals surface area contributed by atoms with Crippen molar-refractivity contribution < 1.29 is 0 Å². The van der Waals surface area contributed by atoms with Crippen molar-refractivity contribution in [1.29, 1.82) is 0 Å². The van der Waals surface area contributed by atoms with Crippen molar-refractivity contribution in [3.63, 3.8) is 0 Å². The summed E-state index contributed by atoms with van der Waals surface area (Å²) in [5.41, 5.74) is 11.5. The quantitative estimate of drug-likeness (QED) is 0.205. The van der Waals surface area contributed by atoms with Gasteiger partial charge in [0.25, 0.3) is 0 Å². The molecule has 0 amide bonds. The predicted octanol–water partition coefficient (Wildman–Crippen LogP) is 10.3. The van der Waals surface area contributed by atoms with E-state index in [1.807, 2.05) is 60.7 Å². The zero-order chi connectivity index (χ0) is 30.8. The predicted molar refractivity (Wildman–Crippen MR) is 188 cm³/mol. The minimum absolute atomic E-state index is 0.206. The van der Waals surface area contributed by atoms with Crippen LogP contribution in [0.4, 0.5) is 0 Å². The van der Waals surface area contributed by atoms with E-state index in [1.54, 1.807) is 0 Å². The van der Waals surface area contributed by atoms with Gasteiger partial charge in [0.15, 0.2) is 17.5 Å². The van der Waals surface area contributed by atoms with Crippen LogP contribution in [0, 0.1) is 0 Å². The van der Waals surface area contributed by atoms with Crippen LogP contribution in [0.2, 0.25) is 0 Å². The van der Waals surface area contributed by atoms with Crippen molar-refractivity contribution in [2.24, 2.45) is 0 Å². The summed E-state index contributed by atoms with van der Waals surface area (Å²) < 4.78 is 2.39. The van der Waals surface area contributed by atoms with Gasteiger partial charge in [-0.2, -0.15) is 0 Å². The Morgan fingerprint density at radius 2 is 0.978 bits per heavy atom. The number of benzene rings is 6. The average Bonchev–Trinajstić information content (AvgIpc) is 3.56. The number of hydrogen-bond donors (Lipinski definition) is 0. The van der Waals surface area contributed by atoms with E-state index in [9.17, 15) is 0 Å². The number of aromatic nitrogens is 4. The SMILES string of the molecule is CC1(C)c2cc(-c3nc(-c4ccccc4)nc(-c4ccccc4)n3)ccc2-c2cc3c(cc21)c1ccccc1n3-c1ccccc1. The van der Waals surface area contributed by atoms with Gasteiger partial charge >= 0.3 is 0 Å². The summed E-state index contributed by atoms with van der Waals surface area (Å²) >= 11 is 0. The largest absolute Gasteiger partial charge is 0.309 e. The molecule has 1 aliphatic carbocycles. The first kappa shape index (κ1) is 26.5. The highest BCUT2D eigenvalue weighted by Gasteiger charge is 2.37. The molecule has 0 saturated carbocycles. The van der Waals surface area contributed by atoms with Gasteiger partial charge in [0.1, 0.15) is 0 Å². The fourth-order valence-electron chi connectivity index (χ4n) is 7.13. The number of fused-ring (bicyclic) bond motifs is 6. The van der Waals surface area contributed by atoms with Crippen LogP contribution in [0.3, 0.4) is 0 Å². The highest BCUT2D eigenvalue weighted by Crippen LogP contribution is 2.51. The molecule has 4 nitrogen and oxygen atoms in total. The Morgan fingerprint density at radius 1 is 0.435 bits per heavy atom. The molecule has 0 fully saturated rings. The van der Waals surface area contributed by atoms with Crippen LogP contribution in [0.5, 0.6) is 0 Å². The summed E-state index contributed by atoms with van der Waals surface area (Å²) in [6, 6.07) is 51.2. The molecule has 0 atom stereocenters.